The zero-order chi connectivity index (χ0) is 20.1. The number of nitrogens with one attached hydrogen (secondary N) is 1. The second kappa shape index (κ2) is 8.99. The Morgan fingerprint density at radius 3 is 2.52 bits per heavy atom. The predicted octanol–water partition coefficient (Wildman–Crippen LogP) is 2.68. The van der Waals surface area contributed by atoms with E-state index in [1.165, 1.54) is 10.5 Å². The lowest BCUT2D eigenvalue weighted by Crippen LogP contribution is -3.13. The van der Waals surface area contributed by atoms with Crippen molar-refractivity contribution in [1.82, 2.24) is 4.98 Å². The average molecular weight is 410 g/mol. The number of rotatable bonds is 6. The number of quaternary nitrogens is 1. The lowest BCUT2D eigenvalue weighted by atomic mass is 10.2. The Labute approximate surface area is 174 Å². The Bertz CT molecular complexity index is 974. The molecule has 0 spiro atoms. The van der Waals surface area contributed by atoms with Gasteiger partial charge >= 0.3 is 0 Å². The fourth-order valence-electron chi connectivity index (χ4n) is 3.47. The van der Waals surface area contributed by atoms with E-state index in [4.69, 9.17) is 20.8 Å². The second-order valence-electron chi connectivity index (χ2n) is 7.02. The van der Waals surface area contributed by atoms with Crippen LogP contribution in [0.1, 0.15) is 17.1 Å². The van der Waals surface area contributed by atoms with Gasteiger partial charge in [0.2, 0.25) is 17.5 Å². The number of aromatic nitrogens is 1. The van der Waals surface area contributed by atoms with Crippen molar-refractivity contribution in [3.8, 4) is 11.8 Å². The smallest absolute Gasteiger partial charge is 0.236 e. The summed E-state index contributed by atoms with van der Waals surface area (Å²) in [5.74, 6) is 1.61. The third kappa shape index (κ3) is 4.89. The number of nitrogens with zero attached hydrogens (tertiary/aromatic N) is 3. The summed E-state index contributed by atoms with van der Waals surface area (Å²) in [5.41, 5.74) is 1.65. The van der Waals surface area contributed by atoms with Gasteiger partial charge in [0.1, 0.15) is 18.4 Å². The number of hydrogen-bond donors (Lipinski definition) is 1. The highest BCUT2D eigenvalue weighted by atomic mass is 35.5. The topological polar surface area (TPSA) is 66.7 Å². The minimum atomic E-state index is 0.162. The van der Waals surface area contributed by atoms with Crippen LogP contribution in [-0.4, -0.2) is 31.2 Å². The van der Waals surface area contributed by atoms with Crippen molar-refractivity contribution in [3.63, 3.8) is 0 Å². The van der Waals surface area contributed by atoms with Crippen LogP contribution in [0.25, 0.3) is 0 Å². The lowest BCUT2D eigenvalue weighted by Gasteiger charge is -2.31. The number of hydrogen-bond acceptors (Lipinski definition) is 5. The normalized spacial score (nSPS) is 14.6. The summed E-state index contributed by atoms with van der Waals surface area (Å²) in [6.45, 7) is 4.78. The second-order valence-corrected chi connectivity index (χ2v) is 7.45. The van der Waals surface area contributed by atoms with E-state index in [-0.39, 0.29) is 6.61 Å². The number of oxazole rings is 1. The van der Waals surface area contributed by atoms with E-state index in [0.29, 0.717) is 28.2 Å². The highest BCUT2D eigenvalue weighted by molar-refractivity contribution is 6.30. The van der Waals surface area contributed by atoms with Crippen LogP contribution in [0.3, 0.4) is 0 Å². The molecule has 148 valence electrons. The maximum atomic E-state index is 9.47. The molecule has 2 heterocycles. The van der Waals surface area contributed by atoms with Crippen molar-refractivity contribution in [2.75, 3.05) is 31.1 Å². The van der Waals surface area contributed by atoms with Gasteiger partial charge in [0.05, 0.1) is 26.2 Å². The maximum absolute atomic E-state index is 9.47. The van der Waals surface area contributed by atoms with Crippen molar-refractivity contribution in [2.45, 2.75) is 13.2 Å². The number of nitriles is 1. The largest absolute Gasteiger partial charge is 0.484 e. The molecule has 1 N–H and O–H groups in total. The molecule has 3 aromatic rings. The first-order chi connectivity index (χ1) is 14.2. The SMILES string of the molecule is N#Cc1nc(COc2ccc(Cl)cc2)oc1N1CC[NH+](Cc2ccccc2)CC1. The fraction of sp³-hybridized carbons (Fsp3) is 0.273. The van der Waals surface area contributed by atoms with E-state index in [9.17, 15) is 5.26 Å². The van der Waals surface area contributed by atoms with Gasteiger partial charge in [0.25, 0.3) is 0 Å². The summed E-state index contributed by atoms with van der Waals surface area (Å²) in [5, 5.41) is 10.1. The Morgan fingerprint density at radius 2 is 1.83 bits per heavy atom. The van der Waals surface area contributed by atoms with Gasteiger partial charge in [-0.2, -0.15) is 10.2 Å². The molecule has 2 aromatic carbocycles. The third-order valence-electron chi connectivity index (χ3n) is 4.99. The van der Waals surface area contributed by atoms with Gasteiger partial charge in [0, 0.05) is 10.6 Å². The maximum Gasteiger partial charge on any atom is 0.236 e. The first-order valence-corrected chi connectivity index (χ1v) is 9.99. The Hall–Kier alpha value is -3.01. The zero-order valence-electron chi connectivity index (χ0n) is 16.0. The van der Waals surface area contributed by atoms with Crippen LogP contribution in [0, 0.1) is 11.3 Å². The fourth-order valence-corrected chi connectivity index (χ4v) is 3.59. The van der Waals surface area contributed by atoms with E-state index >= 15 is 0 Å². The minimum absolute atomic E-state index is 0.162. The summed E-state index contributed by atoms with van der Waals surface area (Å²) in [7, 11) is 0. The molecule has 0 saturated carbocycles. The molecule has 1 fully saturated rings. The van der Waals surface area contributed by atoms with Gasteiger partial charge in [-0.3, -0.25) is 0 Å². The molecule has 1 aliphatic rings. The molecule has 1 aliphatic heterocycles. The van der Waals surface area contributed by atoms with Gasteiger partial charge in [-0.15, -0.1) is 0 Å². The third-order valence-corrected chi connectivity index (χ3v) is 5.24. The minimum Gasteiger partial charge on any atom is -0.484 e. The number of benzene rings is 2. The molecule has 1 saturated heterocycles. The average Bonchev–Trinajstić information content (AvgIpc) is 3.18. The number of piperazine rings is 1. The van der Waals surface area contributed by atoms with Crippen molar-refractivity contribution in [2.24, 2.45) is 0 Å². The van der Waals surface area contributed by atoms with Crippen molar-refractivity contribution >= 4 is 17.5 Å². The van der Waals surface area contributed by atoms with Crippen LogP contribution in [0.4, 0.5) is 5.88 Å². The molecular weight excluding hydrogens is 388 g/mol. The Balaban J connectivity index is 1.36. The first-order valence-electron chi connectivity index (χ1n) is 9.62. The number of ether oxygens (including phenoxy) is 1. The van der Waals surface area contributed by atoms with Crippen molar-refractivity contribution in [1.29, 1.82) is 5.26 Å². The highest BCUT2D eigenvalue weighted by Crippen LogP contribution is 2.23. The molecule has 4 rings (SSSR count). The van der Waals surface area contributed by atoms with Crippen LogP contribution >= 0.6 is 11.6 Å². The molecule has 0 unspecified atom stereocenters. The molecule has 0 radical (unpaired) electrons. The summed E-state index contributed by atoms with van der Waals surface area (Å²) < 4.78 is 11.6. The summed E-state index contributed by atoms with van der Waals surface area (Å²) in [6.07, 6.45) is 0. The van der Waals surface area contributed by atoms with Crippen LogP contribution in [-0.2, 0) is 13.2 Å². The molecule has 0 bridgehead atoms. The predicted molar refractivity (Wildman–Crippen MR) is 110 cm³/mol. The quantitative estimate of drug-likeness (QED) is 0.678. The number of anilines is 1. The molecule has 29 heavy (non-hydrogen) atoms. The Morgan fingerprint density at radius 1 is 1.10 bits per heavy atom. The molecule has 0 aliphatic carbocycles. The summed E-state index contributed by atoms with van der Waals surface area (Å²) in [6, 6.07) is 19.7. The van der Waals surface area contributed by atoms with Crippen LogP contribution in [0.5, 0.6) is 5.75 Å². The zero-order valence-corrected chi connectivity index (χ0v) is 16.7. The molecule has 1 aromatic heterocycles. The van der Waals surface area contributed by atoms with Crippen LogP contribution in [0.15, 0.2) is 59.0 Å². The summed E-state index contributed by atoms with van der Waals surface area (Å²) >= 11 is 5.88. The molecular formula is C22H22ClN4O2+. The lowest BCUT2D eigenvalue weighted by molar-refractivity contribution is -0.914. The molecule has 0 atom stereocenters. The first kappa shape index (κ1) is 19.3. The van der Waals surface area contributed by atoms with Gasteiger partial charge < -0.3 is 19.0 Å². The van der Waals surface area contributed by atoms with E-state index in [2.05, 4.69) is 40.2 Å². The van der Waals surface area contributed by atoms with Crippen LogP contribution in [0.2, 0.25) is 5.02 Å². The molecule has 0 amide bonds. The Kier molecular flexibility index (Phi) is 5.99. The van der Waals surface area contributed by atoms with Crippen molar-refractivity contribution < 1.29 is 14.1 Å². The van der Waals surface area contributed by atoms with E-state index in [1.54, 1.807) is 24.3 Å². The number of halogens is 1. The molecule has 7 heteroatoms. The van der Waals surface area contributed by atoms with Gasteiger partial charge in [-0.05, 0) is 24.3 Å². The van der Waals surface area contributed by atoms with Gasteiger partial charge in [0.15, 0.2) is 6.61 Å². The van der Waals surface area contributed by atoms with Crippen LogP contribution < -0.4 is 14.5 Å². The van der Waals surface area contributed by atoms with Gasteiger partial charge in [-0.1, -0.05) is 41.9 Å². The van der Waals surface area contributed by atoms with Gasteiger partial charge in [-0.25, -0.2) is 0 Å². The van der Waals surface area contributed by atoms with Crippen molar-refractivity contribution in [3.05, 3.63) is 76.8 Å². The van der Waals surface area contributed by atoms with E-state index in [1.807, 2.05) is 6.07 Å². The molecule has 6 nitrogen and oxygen atoms in total. The summed E-state index contributed by atoms with van der Waals surface area (Å²) in [4.78, 5) is 7.92. The monoisotopic (exact) mass is 409 g/mol. The standard InChI is InChI=1S/C22H21ClN4O2/c23-18-6-8-19(9-7-18)28-16-21-25-20(14-24)22(29-21)27-12-10-26(11-13-27)15-17-4-2-1-3-5-17/h1-9H,10-13,15-16H2/p+1. The highest BCUT2D eigenvalue weighted by Gasteiger charge is 2.26. The van der Waals surface area contributed by atoms with E-state index < -0.39 is 0 Å². The van der Waals surface area contributed by atoms with E-state index in [0.717, 1.165) is 32.7 Å².